The summed E-state index contributed by atoms with van der Waals surface area (Å²) in [5.41, 5.74) is 6.05. The molecule has 1 unspecified atom stereocenters. The molecule has 2 N–H and O–H groups in total. The van der Waals surface area contributed by atoms with Crippen molar-refractivity contribution in [2.24, 2.45) is 0 Å². The predicted octanol–water partition coefficient (Wildman–Crippen LogP) is 2.95. The van der Waals surface area contributed by atoms with Gasteiger partial charge in [0.2, 0.25) is 0 Å². The Morgan fingerprint density at radius 1 is 0.938 bits per heavy atom. The average molecular weight is 435 g/mol. The summed E-state index contributed by atoms with van der Waals surface area (Å²) in [6, 6.07) is 14.7. The lowest BCUT2D eigenvalue weighted by atomic mass is 9.96. The van der Waals surface area contributed by atoms with Gasteiger partial charge in [-0.3, -0.25) is 14.5 Å². The van der Waals surface area contributed by atoms with E-state index in [0.717, 1.165) is 31.6 Å². The van der Waals surface area contributed by atoms with E-state index >= 15 is 0 Å². The van der Waals surface area contributed by atoms with Crippen LogP contribution < -0.4 is 15.5 Å². The van der Waals surface area contributed by atoms with Crippen LogP contribution in [0, 0.1) is 6.92 Å². The van der Waals surface area contributed by atoms with E-state index in [1.165, 1.54) is 41.6 Å². The molecule has 2 aliphatic rings. The minimum Gasteiger partial charge on any atom is -0.374 e. The number of aryl methyl sites for hydroxylation is 2. The molecule has 2 aliphatic heterocycles. The summed E-state index contributed by atoms with van der Waals surface area (Å²) in [6.07, 6.45) is 4.61. The molecule has 32 heavy (non-hydrogen) atoms. The Bertz CT molecular complexity index is 951. The van der Waals surface area contributed by atoms with Gasteiger partial charge in [0, 0.05) is 32.4 Å². The van der Waals surface area contributed by atoms with Gasteiger partial charge in [0.15, 0.2) is 0 Å². The predicted molar refractivity (Wildman–Crippen MR) is 128 cm³/mol. The first-order valence-corrected chi connectivity index (χ1v) is 11.7. The summed E-state index contributed by atoms with van der Waals surface area (Å²) in [5, 5.41) is 5.62. The van der Waals surface area contributed by atoms with Crippen molar-refractivity contribution in [1.82, 2.24) is 15.5 Å². The number of anilines is 1. The highest BCUT2D eigenvalue weighted by molar-refractivity contribution is 6.35. The maximum Gasteiger partial charge on any atom is 0.309 e. The second-order valence-corrected chi connectivity index (χ2v) is 9.05. The number of carbonyl (C=O) groups excluding carboxylic acids is 2. The number of rotatable bonds is 6. The molecule has 2 heterocycles. The lowest BCUT2D eigenvalue weighted by Gasteiger charge is -2.31. The highest BCUT2D eigenvalue weighted by atomic mass is 16.2. The van der Waals surface area contributed by atoms with E-state index in [1.54, 1.807) is 0 Å². The van der Waals surface area contributed by atoms with Crippen LogP contribution in [-0.4, -0.2) is 49.9 Å². The van der Waals surface area contributed by atoms with Gasteiger partial charge in [-0.2, -0.15) is 0 Å². The topological polar surface area (TPSA) is 64.7 Å². The summed E-state index contributed by atoms with van der Waals surface area (Å²) in [5.74, 6) is -1.16. The summed E-state index contributed by atoms with van der Waals surface area (Å²) >= 11 is 0. The molecule has 6 heteroatoms. The number of benzene rings is 2. The molecule has 2 amide bonds. The van der Waals surface area contributed by atoms with Crippen molar-refractivity contribution >= 4 is 17.5 Å². The number of likely N-dealkylation sites (tertiary alicyclic amines) is 1. The minimum atomic E-state index is -0.585. The van der Waals surface area contributed by atoms with Gasteiger partial charge < -0.3 is 15.5 Å². The third-order valence-corrected chi connectivity index (χ3v) is 6.66. The van der Waals surface area contributed by atoms with Gasteiger partial charge in [0.05, 0.1) is 6.04 Å². The number of nitrogens with zero attached hydrogens (tertiary/aromatic N) is 2. The number of hydrogen-bond donors (Lipinski definition) is 2. The van der Waals surface area contributed by atoms with Crippen molar-refractivity contribution in [3.05, 3.63) is 64.7 Å². The summed E-state index contributed by atoms with van der Waals surface area (Å²) in [7, 11) is 2.14. The van der Waals surface area contributed by atoms with Crippen molar-refractivity contribution in [2.75, 3.05) is 38.1 Å². The molecule has 4 rings (SSSR count). The van der Waals surface area contributed by atoms with Gasteiger partial charge in [-0.25, -0.2) is 0 Å². The third kappa shape index (κ3) is 5.30. The Morgan fingerprint density at radius 2 is 1.66 bits per heavy atom. The smallest absolute Gasteiger partial charge is 0.309 e. The van der Waals surface area contributed by atoms with Crippen LogP contribution in [0.15, 0.2) is 42.5 Å². The largest absolute Gasteiger partial charge is 0.374 e. The molecule has 1 fully saturated rings. The Morgan fingerprint density at radius 3 is 2.41 bits per heavy atom. The normalized spacial score (nSPS) is 17.0. The van der Waals surface area contributed by atoms with Crippen LogP contribution in [0.25, 0.3) is 0 Å². The van der Waals surface area contributed by atoms with Crippen molar-refractivity contribution < 1.29 is 9.59 Å². The first-order chi connectivity index (χ1) is 15.5. The number of hydrogen-bond acceptors (Lipinski definition) is 4. The Hall–Kier alpha value is -2.86. The van der Waals surface area contributed by atoms with E-state index in [4.69, 9.17) is 0 Å². The summed E-state index contributed by atoms with van der Waals surface area (Å²) in [6.45, 7) is 5.95. The Kier molecular flexibility index (Phi) is 7.10. The van der Waals surface area contributed by atoms with E-state index in [2.05, 4.69) is 45.7 Å². The van der Waals surface area contributed by atoms with Crippen molar-refractivity contribution in [3.63, 3.8) is 0 Å². The SMILES string of the molecule is Cc1ccc(CNC(=O)C(=O)NCC(c2ccc3c(c2)CCCN3C)N2CCCC2)cc1. The molecule has 170 valence electrons. The van der Waals surface area contributed by atoms with Gasteiger partial charge >= 0.3 is 11.8 Å². The quantitative estimate of drug-likeness (QED) is 0.686. The van der Waals surface area contributed by atoms with E-state index < -0.39 is 11.8 Å². The van der Waals surface area contributed by atoms with E-state index in [0.29, 0.717) is 13.1 Å². The zero-order chi connectivity index (χ0) is 22.5. The molecular formula is C26H34N4O2. The first-order valence-electron chi connectivity index (χ1n) is 11.7. The molecule has 0 spiro atoms. The molecular weight excluding hydrogens is 400 g/mol. The fourth-order valence-corrected chi connectivity index (χ4v) is 4.76. The molecule has 0 radical (unpaired) electrons. The third-order valence-electron chi connectivity index (χ3n) is 6.66. The van der Waals surface area contributed by atoms with Crippen LogP contribution >= 0.6 is 0 Å². The van der Waals surface area contributed by atoms with Crippen LogP contribution in [0.1, 0.15) is 47.6 Å². The minimum absolute atomic E-state index is 0.0869. The maximum atomic E-state index is 12.5. The van der Waals surface area contributed by atoms with Crippen LogP contribution in [0.2, 0.25) is 0 Å². The van der Waals surface area contributed by atoms with Crippen LogP contribution in [0.4, 0.5) is 5.69 Å². The van der Waals surface area contributed by atoms with Gasteiger partial charge in [0.25, 0.3) is 0 Å². The van der Waals surface area contributed by atoms with Crippen LogP contribution in [0.5, 0.6) is 0 Å². The molecule has 0 aromatic heterocycles. The highest BCUT2D eigenvalue weighted by Gasteiger charge is 2.26. The first kappa shape index (κ1) is 22.3. The Balaban J connectivity index is 1.39. The standard InChI is InChI=1S/C26H34N4O2/c1-19-7-9-20(10-8-19)17-27-25(31)26(32)28-18-24(30-14-3-4-15-30)22-11-12-23-21(16-22)6-5-13-29(23)2/h7-12,16,24H,3-6,13-15,17-18H2,1-2H3,(H,27,31)(H,28,32). The molecule has 1 atom stereocenters. The lowest BCUT2D eigenvalue weighted by Crippen LogP contribution is -2.43. The number of carbonyl (C=O) groups is 2. The van der Waals surface area contributed by atoms with Gasteiger partial charge in [-0.05, 0) is 68.5 Å². The zero-order valence-corrected chi connectivity index (χ0v) is 19.2. The van der Waals surface area contributed by atoms with Crippen molar-refractivity contribution in [1.29, 1.82) is 0 Å². The number of nitrogens with one attached hydrogen (secondary N) is 2. The monoisotopic (exact) mass is 434 g/mol. The molecule has 0 aliphatic carbocycles. The van der Waals surface area contributed by atoms with Crippen LogP contribution in [-0.2, 0) is 22.6 Å². The van der Waals surface area contributed by atoms with Gasteiger partial charge in [0.1, 0.15) is 0 Å². The second kappa shape index (κ2) is 10.2. The summed E-state index contributed by atoms with van der Waals surface area (Å²) < 4.78 is 0. The second-order valence-electron chi connectivity index (χ2n) is 9.05. The number of amides is 2. The molecule has 0 bridgehead atoms. The molecule has 6 nitrogen and oxygen atoms in total. The Labute approximate surface area is 191 Å². The van der Waals surface area contributed by atoms with Gasteiger partial charge in [-0.1, -0.05) is 42.0 Å². The van der Waals surface area contributed by atoms with Gasteiger partial charge in [-0.15, -0.1) is 0 Å². The van der Waals surface area contributed by atoms with E-state index in [-0.39, 0.29) is 6.04 Å². The van der Waals surface area contributed by atoms with Crippen molar-refractivity contribution in [3.8, 4) is 0 Å². The molecule has 0 saturated carbocycles. The maximum absolute atomic E-state index is 12.5. The van der Waals surface area contributed by atoms with E-state index in [9.17, 15) is 9.59 Å². The lowest BCUT2D eigenvalue weighted by molar-refractivity contribution is -0.139. The zero-order valence-electron chi connectivity index (χ0n) is 19.2. The fourth-order valence-electron chi connectivity index (χ4n) is 4.76. The molecule has 2 aromatic rings. The van der Waals surface area contributed by atoms with Crippen LogP contribution in [0.3, 0.4) is 0 Å². The van der Waals surface area contributed by atoms with E-state index in [1.807, 2.05) is 31.2 Å². The van der Waals surface area contributed by atoms with Crippen molar-refractivity contribution in [2.45, 2.75) is 45.2 Å². The average Bonchev–Trinajstić information content (AvgIpc) is 3.33. The molecule has 2 aromatic carbocycles. The number of fused-ring (bicyclic) bond motifs is 1. The molecule has 1 saturated heterocycles. The summed E-state index contributed by atoms with van der Waals surface area (Å²) in [4.78, 5) is 29.6. The fraction of sp³-hybridized carbons (Fsp3) is 0.462. The highest BCUT2D eigenvalue weighted by Crippen LogP contribution is 2.31.